The summed E-state index contributed by atoms with van der Waals surface area (Å²) < 4.78 is 0. The fourth-order valence-corrected chi connectivity index (χ4v) is 5.88. The lowest BCUT2D eigenvalue weighted by atomic mass is 10.1. The van der Waals surface area contributed by atoms with E-state index in [1.165, 1.54) is 23.5 Å². The molecule has 0 bridgehead atoms. The molecule has 3 aromatic rings. The molecule has 0 radical (unpaired) electrons. The number of aliphatic hydroxyl groups excluding tert-OH is 1. The normalized spacial score (nSPS) is 10.8. The lowest BCUT2D eigenvalue weighted by Crippen LogP contribution is -2.28. The molecule has 9 heteroatoms. The van der Waals surface area contributed by atoms with Gasteiger partial charge in [0.15, 0.2) is 0 Å². The number of amides is 1. The molecule has 1 amide bonds. The van der Waals surface area contributed by atoms with Gasteiger partial charge in [-0.25, -0.2) is 4.79 Å². The van der Waals surface area contributed by atoms with E-state index in [4.69, 9.17) is 28.3 Å². The fourth-order valence-electron chi connectivity index (χ4n) is 2.95. The minimum absolute atomic E-state index is 0.00701. The van der Waals surface area contributed by atoms with Gasteiger partial charge in [-0.15, -0.1) is 0 Å². The number of hydrogen-bond acceptors (Lipinski definition) is 5. The molecule has 33 heavy (non-hydrogen) atoms. The van der Waals surface area contributed by atoms with E-state index in [0.717, 1.165) is 20.9 Å². The molecule has 172 valence electrons. The fraction of sp³-hybridized carbons (Fsp3) is 0.167. The Morgan fingerprint density at radius 2 is 1.24 bits per heavy atom. The van der Waals surface area contributed by atoms with Gasteiger partial charge in [0.25, 0.3) is 5.91 Å². The zero-order valence-corrected chi connectivity index (χ0v) is 21.0. The average Bonchev–Trinajstić information content (AvgIpc) is 2.78. The second kappa shape index (κ2) is 11.3. The van der Waals surface area contributed by atoms with Gasteiger partial charge in [-0.3, -0.25) is 4.79 Å². The van der Waals surface area contributed by atoms with Gasteiger partial charge in [-0.2, -0.15) is 0 Å². The van der Waals surface area contributed by atoms with Crippen molar-refractivity contribution >= 4 is 58.6 Å². The lowest BCUT2D eigenvalue weighted by Gasteiger charge is -2.19. The first-order valence-electron chi connectivity index (χ1n) is 9.89. The van der Waals surface area contributed by atoms with Gasteiger partial charge in [0, 0.05) is 26.1 Å². The standard InChI is InChI=1S/C24H21Cl2NO4S2/c1-13-3-7-15(8-4-13)32-21-19(25)17(23(29)27-11-12-28)18(24(30)31)20(26)22(21)33-16-9-5-14(2)6-10-16/h3-10,28H,11-12H2,1-2H3,(H,27,29)(H,30,31). The van der Waals surface area contributed by atoms with Gasteiger partial charge in [-0.1, -0.05) is 82.1 Å². The Hall–Kier alpha value is -2.16. The number of carboxylic acids is 1. The molecule has 0 heterocycles. The quantitative estimate of drug-likeness (QED) is 0.321. The summed E-state index contributed by atoms with van der Waals surface area (Å²) in [5.41, 5.74) is 1.56. The topological polar surface area (TPSA) is 86.6 Å². The summed E-state index contributed by atoms with van der Waals surface area (Å²) in [6.07, 6.45) is 0. The predicted octanol–water partition coefficient (Wildman–Crippen LogP) is 6.33. The predicted molar refractivity (Wildman–Crippen MR) is 133 cm³/mol. The maximum atomic E-state index is 12.8. The van der Waals surface area contributed by atoms with Crippen molar-refractivity contribution in [1.82, 2.24) is 5.32 Å². The van der Waals surface area contributed by atoms with Crippen LogP contribution >= 0.6 is 46.7 Å². The zero-order chi connectivity index (χ0) is 24.1. The Morgan fingerprint density at radius 3 is 1.64 bits per heavy atom. The molecule has 0 aliphatic rings. The van der Waals surface area contributed by atoms with Gasteiger partial charge < -0.3 is 15.5 Å². The number of carbonyl (C=O) groups excluding carboxylic acids is 1. The lowest BCUT2D eigenvalue weighted by molar-refractivity contribution is 0.0690. The van der Waals surface area contributed by atoms with Crippen molar-refractivity contribution < 1.29 is 19.8 Å². The van der Waals surface area contributed by atoms with Crippen LogP contribution in [-0.2, 0) is 0 Å². The van der Waals surface area contributed by atoms with Crippen molar-refractivity contribution in [2.75, 3.05) is 13.2 Å². The summed E-state index contributed by atoms with van der Waals surface area (Å²) >= 11 is 15.9. The number of benzene rings is 3. The van der Waals surface area contributed by atoms with Crippen LogP contribution < -0.4 is 5.32 Å². The number of nitrogens with one attached hydrogen (secondary N) is 1. The van der Waals surface area contributed by atoms with Gasteiger partial charge in [0.2, 0.25) is 0 Å². The van der Waals surface area contributed by atoms with E-state index < -0.39 is 11.9 Å². The van der Waals surface area contributed by atoms with Gasteiger partial charge in [0.05, 0.1) is 27.8 Å². The monoisotopic (exact) mass is 521 g/mol. The van der Waals surface area contributed by atoms with Crippen LogP contribution in [0.4, 0.5) is 0 Å². The van der Waals surface area contributed by atoms with E-state index in [0.29, 0.717) is 9.79 Å². The third-order valence-corrected chi connectivity index (χ3v) is 7.96. The van der Waals surface area contributed by atoms with Crippen LogP contribution in [0.25, 0.3) is 0 Å². The molecule has 3 aromatic carbocycles. The second-order valence-corrected chi connectivity index (χ2v) is 10.1. The Bertz CT molecular complexity index is 1180. The SMILES string of the molecule is Cc1ccc(Sc2c(Cl)c(C(=O)O)c(C(=O)NCCO)c(Cl)c2Sc2ccc(C)cc2)cc1. The highest BCUT2D eigenvalue weighted by Gasteiger charge is 2.30. The highest BCUT2D eigenvalue weighted by atomic mass is 35.5. The van der Waals surface area contributed by atoms with Crippen LogP contribution in [-0.4, -0.2) is 35.2 Å². The summed E-state index contributed by atoms with van der Waals surface area (Å²) in [6.45, 7) is 3.60. The third-order valence-electron chi connectivity index (χ3n) is 4.61. The van der Waals surface area contributed by atoms with Crippen LogP contribution in [0.3, 0.4) is 0 Å². The van der Waals surface area contributed by atoms with Gasteiger partial charge >= 0.3 is 5.97 Å². The van der Waals surface area contributed by atoms with Crippen molar-refractivity contribution in [2.45, 2.75) is 33.4 Å². The number of halogens is 2. The number of carboxylic acid groups (broad SMARTS) is 1. The first-order valence-corrected chi connectivity index (χ1v) is 12.3. The average molecular weight is 522 g/mol. The van der Waals surface area contributed by atoms with Gasteiger partial charge in [0.1, 0.15) is 0 Å². The smallest absolute Gasteiger partial charge is 0.338 e. The van der Waals surface area contributed by atoms with Crippen molar-refractivity contribution in [3.63, 3.8) is 0 Å². The molecule has 0 fully saturated rings. The molecule has 0 spiro atoms. The molecule has 5 nitrogen and oxygen atoms in total. The van der Waals surface area contributed by atoms with E-state index in [1.54, 1.807) is 0 Å². The van der Waals surface area contributed by atoms with Crippen molar-refractivity contribution in [3.8, 4) is 0 Å². The Balaban J connectivity index is 2.23. The molecule has 0 saturated heterocycles. The molecule has 0 unspecified atom stereocenters. The molecule has 3 N–H and O–H groups in total. The first-order chi connectivity index (χ1) is 15.7. The largest absolute Gasteiger partial charge is 0.478 e. The number of rotatable bonds is 8. The van der Waals surface area contributed by atoms with Crippen LogP contribution in [0.2, 0.25) is 10.0 Å². The molecule has 0 aromatic heterocycles. The van der Waals surface area contributed by atoms with Crippen molar-refractivity contribution in [2.24, 2.45) is 0 Å². The minimum atomic E-state index is -1.37. The minimum Gasteiger partial charge on any atom is -0.478 e. The molecule has 0 aliphatic carbocycles. The van der Waals surface area contributed by atoms with Crippen LogP contribution in [0.15, 0.2) is 68.1 Å². The van der Waals surface area contributed by atoms with E-state index in [9.17, 15) is 14.7 Å². The third kappa shape index (κ3) is 6.05. The molecule has 3 rings (SSSR count). The molecular formula is C24H21Cl2NO4S2. The maximum absolute atomic E-state index is 12.8. The Kier molecular flexibility index (Phi) is 8.73. The summed E-state index contributed by atoms with van der Waals surface area (Å²) in [4.78, 5) is 27.6. The molecular weight excluding hydrogens is 501 g/mol. The number of aryl methyl sites for hydroxylation is 2. The van der Waals surface area contributed by atoms with Crippen molar-refractivity contribution in [1.29, 1.82) is 0 Å². The first kappa shape index (κ1) is 25.5. The van der Waals surface area contributed by atoms with E-state index >= 15 is 0 Å². The summed E-state index contributed by atoms with van der Waals surface area (Å²) in [7, 11) is 0. The zero-order valence-electron chi connectivity index (χ0n) is 17.8. The van der Waals surface area contributed by atoms with Crippen LogP contribution in [0, 0.1) is 13.8 Å². The number of aromatic carboxylic acids is 1. The maximum Gasteiger partial charge on any atom is 0.338 e. The highest BCUT2D eigenvalue weighted by molar-refractivity contribution is 8.02. The second-order valence-electron chi connectivity index (χ2n) is 7.15. The van der Waals surface area contributed by atoms with Gasteiger partial charge in [-0.05, 0) is 38.1 Å². The summed E-state index contributed by atoms with van der Waals surface area (Å²) in [5, 5.41) is 21.4. The van der Waals surface area contributed by atoms with E-state index in [-0.39, 0.29) is 34.3 Å². The summed E-state index contributed by atoms with van der Waals surface area (Å²) in [6, 6.07) is 15.4. The number of carbonyl (C=O) groups is 2. The van der Waals surface area contributed by atoms with E-state index in [2.05, 4.69) is 5.32 Å². The number of aliphatic hydroxyl groups is 1. The van der Waals surface area contributed by atoms with E-state index in [1.807, 2.05) is 62.4 Å². The molecule has 0 aliphatic heterocycles. The van der Waals surface area contributed by atoms with Crippen molar-refractivity contribution in [3.05, 3.63) is 80.8 Å². The Labute approximate surface area is 210 Å². The Morgan fingerprint density at radius 1 is 0.818 bits per heavy atom. The molecule has 0 saturated carbocycles. The van der Waals surface area contributed by atoms with Crippen LogP contribution in [0.1, 0.15) is 31.8 Å². The highest BCUT2D eigenvalue weighted by Crippen LogP contribution is 2.49. The molecule has 0 atom stereocenters. The summed E-state index contributed by atoms with van der Waals surface area (Å²) in [5.74, 6) is -2.08. The van der Waals surface area contributed by atoms with Crippen LogP contribution in [0.5, 0.6) is 0 Å². The number of hydrogen-bond donors (Lipinski definition) is 3.